The number of nitrogens with two attached hydrogens (primary N) is 1. The van der Waals surface area contributed by atoms with Gasteiger partial charge < -0.3 is 44.8 Å². The molecule has 4 unspecified atom stereocenters. The molecule has 0 saturated carbocycles. The lowest BCUT2D eigenvalue weighted by molar-refractivity contribution is -0.0947. The van der Waals surface area contributed by atoms with Crippen LogP contribution >= 0.6 is 23.5 Å². The van der Waals surface area contributed by atoms with E-state index in [1.807, 2.05) is 0 Å². The summed E-state index contributed by atoms with van der Waals surface area (Å²) in [7, 11) is -16.7. The molecular formula is C12H19N4O13P3. The molecule has 2 aromatic rings. The van der Waals surface area contributed by atoms with E-state index in [2.05, 4.69) is 23.1 Å². The van der Waals surface area contributed by atoms with Crippen LogP contribution in [0.1, 0.15) is 13.2 Å². The fourth-order valence-electron chi connectivity index (χ4n) is 3.03. The van der Waals surface area contributed by atoms with Gasteiger partial charge in [-0.15, -0.1) is 0 Å². The van der Waals surface area contributed by atoms with Gasteiger partial charge in [-0.05, 0) is 13.0 Å². The molecule has 3 heterocycles. The fraction of sp³-hybridized carbons (Fsp3) is 0.500. The van der Waals surface area contributed by atoms with Crippen LogP contribution in [0.15, 0.2) is 18.6 Å². The molecule has 17 nitrogen and oxygen atoms in total. The molecule has 0 radical (unpaired) electrons. The third-order valence-electron chi connectivity index (χ3n) is 4.37. The molecule has 1 aliphatic rings. The zero-order chi connectivity index (χ0) is 24.1. The number of phosphoric acid groups is 3. The van der Waals surface area contributed by atoms with Gasteiger partial charge in [0, 0.05) is 6.20 Å². The van der Waals surface area contributed by atoms with Crippen LogP contribution in [0.3, 0.4) is 0 Å². The highest BCUT2D eigenvalue weighted by Crippen LogP contribution is 2.66. The Balaban J connectivity index is 1.74. The Labute approximate surface area is 178 Å². The van der Waals surface area contributed by atoms with E-state index in [9.17, 15) is 28.8 Å². The summed E-state index contributed by atoms with van der Waals surface area (Å²) < 4.78 is 52.5. The van der Waals surface area contributed by atoms with Crippen molar-refractivity contribution in [1.82, 2.24) is 14.5 Å². The van der Waals surface area contributed by atoms with E-state index < -0.39 is 54.1 Å². The number of hydrogen-bond acceptors (Lipinski definition) is 12. The van der Waals surface area contributed by atoms with Gasteiger partial charge in [-0.2, -0.15) is 8.62 Å². The number of aromatic nitrogens is 3. The van der Waals surface area contributed by atoms with E-state index in [1.165, 1.54) is 30.1 Å². The van der Waals surface area contributed by atoms with Gasteiger partial charge in [0.1, 0.15) is 35.6 Å². The monoisotopic (exact) mass is 520 g/mol. The highest BCUT2D eigenvalue weighted by Gasteiger charge is 2.54. The largest absolute Gasteiger partial charge is 0.490 e. The zero-order valence-corrected chi connectivity index (χ0v) is 18.7. The van der Waals surface area contributed by atoms with E-state index in [4.69, 9.17) is 25.2 Å². The Morgan fingerprint density at radius 2 is 1.84 bits per heavy atom. The van der Waals surface area contributed by atoms with E-state index in [-0.39, 0.29) is 11.5 Å². The molecule has 0 amide bonds. The van der Waals surface area contributed by atoms with Crippen LogP contribution in [-0.2, 0) is 31.6 Å². The Morgan fingerprint density at radius 3 is 2.47 bits per heavy atom. The Hall–Kier alpha value is -1.29. The maximum Gasteiger partial charge on any atom is 0.490 e. The molecule has 32 heavy (non-hydrogen) atoms. The zero-order valence-electron chi connectivity index (χ0n) is 16.0. The second kappa shape index (κ2) is 8.49. The summed E-state index contributed by atoms with van der Waals surface area (Å²) in [5.41, 5.74) is 4.04. The Bertz CT molecular complexity index is 1150. The second-order valence-electron chi connectivity index (χ2n) is 6.80. The molecule has 8 N–H and O–H groups in total. The molecule has 1 aliphatic heterocycles. The smallest absolute Gasteiger partial charge is 0.387 e. The van der Waals surface area contributed by atoms with Crippen molar-refractivity contribution < 1.29 is 61.4 Å². The maximum atomic E-state index is 11.9. The van der Waals surface area contributed by atoms with Crippen LogP contribution < -0.4 is 5.73 Å². The quantitative estimate of drug-likeness (QED) is 0.213. The summed E-state index contributed by atoms with van der Waals surface area (Å²) in [6, 6.07) is 1.54. The predicted molar refractivity (Wildman–Crippen MR) is 102 cm³/mol. The molecule has 2 aromatic heterocycles. The number of aliphatic hydroxyl groups excluding tert-OH is 1. The molecule has 1 fully saturated rings. The molecule has 6 atom stereocenters. The van der Waals surface area contributed by atoms with Crippen molar-refractivity contribution in [2.24, 2.45) is 0 Å². The van der Waals surface area contributed by atoms with Gasteiger partial charge in [0.15, 0.2) is 6.23 Å². The first-order chi connectivity index (χ1) is 14.5. The van der Waals surface area contributed by atoms with E-state index in [1.54, 1.807) is 0 Å². The van der Waals surface area contributed by atoms with Crippen LogP contribution in [0.4, 0.5) is 5.82 Å². The summed E-state index contributed by atoms with van der Waals surface area (Å²) in [5.74, 6) is 0.149. The number of nitrogen functional groups attached to an aromatic ring is 1. The highest BCUT2D eigenvalue weighted by atomic mass is 31.3. The first kappa shape index (κ1) is 25.3. The minimum absolute atomic E-state index is 0.149. The molecule has 3 rings (SSSR count). The Kier molecular flexibility index (Phi) is 6.72. The SMILES string of the molecule is C[C@@]1(O)C(O)C(COP(=O)(O)OP(=O)(O)OP(=O)(O)O)O[C@H]1n1ccc2c(N)ncnc21. The summed E-state index contributed by atoms with van der Waals surface area (Å²) in [6.07, 6.45) is -1.82. The summed E-state index contributed by atoms with van der Waals surface area (Å²) in [4.78, 5) is 43.6. The molecule has 0 aliphatic carbocycles. The number of aliphatic hydroxyl groups is 2. The van der Waals surface area contributed by atoms with Crippen LogP contribution in [0.5, 0.6) is 0 Å². The van der Waals surface area contributed by atoms with Crippen molar-refractivity contribution in [2.45, 2.75) is 31.0 Å². The Morgan fingerprint density at radius 1 is 1.19 bits per heavy atom. The van der Waals surface area contributed by atoms with Crippen LogP contribution in [-0.4, -0.2) is 68.7 Å². The van der Waals surface area contributed by atoms with Crippen molar-refractivity contribution in [3.8, 4) is 0 Å². The molecule has 0 bridgehead atoms. The van der Waals surface area contributed by atoms with Crippen molar-refractivity contribution in [1.29, 1.82) is 0 Å². The molecule has 20 heteroatoms. The third-order valence-corrected chi connectivity index (χ3v) is 8.17. The first-order valence-corrected chi connectivity index (χ1v) is 13.0. The van der Waals surface area contributed by atoms with Crippen LogP contribution in [0.2, 0.25) is 0 Å². The number of ether oxygens (including phenoxy) is 1. The minimum Gasteiger partial charge on any atom is -0.387 e. The lowest BCUT2D eigenvalue weighted by atomic mass is 9.96. The predicted octanol–water partition coefficient (Wildman–Crippen LogP) is -0.634. The van der Waals surface area contributed by atoms with Gasteiger partial charge >= 0.3 is 23.5 Å². The first-order valence-electron chi connectivity index (χ1n) is 8.44. The third kappa shape index (κ3) is 5.43. The van der Waals surface area contributed by atoms with E-state index >= 15 is 0 Å². The van der Waals surface area contributed by atoms with E-state index in [0.717, 1.165) is 0 Å². The lowest BCUT2D eigenvalue weighted by Crippen LogP contribution is -2.44. The maximum absolute atomic E-state index is 11.9. The summed E-state index contributed by atoms with van der Waals surface area (Å²) in [5, 5.41) is 21.6. The van der Waals surface area contributed by atoms with Crippen LogP contribution in [0.25, 0.3) is 11.0 Å². The second-order valence-corrected chi connectivity index (χ2v) is 11.2. The van der Waals surface area contributed by atoms with Gasteiger partial charge in [-0.25, -0.2) is 23.7 Å². The van der Waals surface area contributed by atoms with Gasteiger partial charge in [0.25, 0.3) is 0 Å². The molecule has 0 spiro atoms. The van der Waals surface area contributed by atoms with Gasteiger partial charge in [-0.3, -0.25) is 4.52 Å². The van der Waals surface area contributed by atoms with Gasteiger partial charge in [0.05, 0.1) is 12.0 Å². The number of rotatable bonds is 8. The summed E-state index contributed by atoms with van der Waals surface area (Å²) >= 11 is 0. The summed E-state index contributed by atoms with van der Waals surface area (Å²) in [6.45, 7) is 0.261. The van der Waals surface area contributed by atoms with E-state index in [0.29, 0.717) is 5.39 Å². The number of nitrogens with zero attached hydrogens (tertiary/aromatic N) is 3. The van der Waals surface area contributed by atoms with Crippen molar-refractivity contribution in [2.75, 3.05) is 12.3 Å². The number of anilines is 1. The molecule has 1 saturated heterocycles. The highest BCUT2D eigenvalue weighted by molar-refractivity contribution is 7.66. The van der Waals surface area contributed by atoms with Crippen molar-refractivity contribution >= 4 is 40.3 Å². The standard InChI is InChI=1S/C12H19N4O13P3/c1-12(18)8(17)7(4-26-31(22,23)29-32(24,25)28-30(19,20)21)27-11(12)16-3-2-6-9(13)14-5-15-10(6)16/h2-3,5,7-8,11,17-18H,4H2,1H3,(H,22,23)(H,24,25)(H2,13,14,15)(H2,19,20,21)/t7?,8?,11-,12-/m1/s1. The fourth-order valence-corrected chi connectivity index (χ4v) is 6.06. The van der Waals surface area contributed by atoms with Crippen molar-refractivity contribution in [3.63, 3.8) is 0 Å². The minimum atomic E-state index is -5.71. The number of hydrogen-bond donors (Lipinski definition) is 7. The van der Waals surface area contributed by atoms with Gasteiger partial charge in [-0.1, -0.05) is 0 Å². The molecular weight excluding hydrogens is 501 g/mol. The van der Waals surface area contributed by atoms with Crippen molar-refractivity contribution in [3.05, 3.63) is 18.6 Å². The number of phosphoric ester groups is 1. The lowest BCUT2D eigenvalue weighted by Gasteiger charge is -2.27. The number of fused-ring (bicyclic) bond motifs is 1. The van der Waals surface area contributed by atoms with Gasteiger partial charge in [0.2, 0.25) is 0 Å². The molecule has 180 valence electrons. The average molecular weight is 520 g/mol. The molecule has 0 aromatic carbocycles. The van der Waals surface area contributed by atoms with Crippen LogP contribution in [0, 0.1) is 0 Å². The average Bonchev–Trinajstić information content (AvgIpc) is 3.11. The normalized spacial score (nSPS) is 30.3. The topological polar surface area (TPSA) is 266 Å².